The molecule has 0 aliphatic carbocycles. The normalized spacial score (nSPS) is 21.6. The number of hydrogen-bond donors (Lipinski definition) is 0. The molecule has 2 atom stereocenters. The van der Waals surface area contributed by atoms with Gasteiger partial charge in [0, 0.05) is 0 Å². The second kappa shape index (κ2) is 6.53. The predicted molar refractivity (Wildman–Crippen MR) is 97.7 cm³/mol. The van der Waals surface area contributed by atoms with E-state index in [1.165, 1.54) is 5.56 Å². The van der Waals surface area contributed by atoms with E-state index < -0.39 is 12.1 Å². The molecule has 7 heteroatoms. The van der Waals surface area contributed by atoms with Crippen LogP contribution in [-0.4, -0.2) is 28.9 Å². The van der Waals surface area contributed by atoms with E-state index in [9.17, 15) is 9.59 Å². The highest BCUT2D eigenvalue weighted by molar-refractivity contribution is 6.36. The Balaban J connectivity index is 1.59. The van der Waals surface area contributed by atoms with Crippen molar-refractivity contribution in [2.45, 2.75) is 32.0 Å². The molecule has 0 N–H and O–H groups in total. The van der Waals surface area contributed by atoms with Crippen LogP contribution in [0.1, 0.15) is 18.1 Å². The van der Waals surface area contributed by atoms with Gasteiger partial charge >= 0.3 is 0 Å². The Morgan fingerprint density at radius 3 is 2.38 bits per heavy atom. The van der Waals surface area contributed by atoms with E-state index in [0.717, 1.165) is 16.9 Å². The number of carbonyl (C=O) groups excluding carboxylic acids is 2. The molecular formula is C19H17ClN4O2. The lowest BCUT2D eigenvalue weighted by Gasteiger charge is -2.21. The molecule has 2 heterocycles. The molecule has 0 aromatic heterocycles. The fourth-order valence-corrected chi connectivity index (χ4v) is 3.51. The van der Waals surface area contributed by atoms with E-state index in [1.54, 1.807) is 29.3 Å². The molecule has 2 aliphatic rings. The molecule has 0 spiro atoms. The Hall–Kier alpha value is -2.73. The van der Waals surface area contributed by atoms with Crippen LogP contribution in [0, 0.1) is 0 Å². The second-order valence-electron chi connectivity index (χ2n) is 6.33. The van der Waals surface area contributed by atoms with Crippen LogP contribution in [0.5, 0.6) is 0 Å². The summed E-state index contributed by atoms with van der Waals surface area (Å²) in [6, 6.07) is 13.4. The summed E-state index contributed by atoms with van der Waals surface area (Å²) in [7, 11) is 0. The van der Waals surface area contributed by atoms with Gasteiger partial charge in [-0.15, -0.1) is 0 Å². The van der Waals surface area contributed by atoms with E-state index in [0.29, 0.717) is 17.3 Å². The average Bonchev–Trinajstić information content (AvgIpc) is 3.17. The lowest BCUT2D eigenvalue weighted by Crippen LogP contribution is -2.39. The summed E-state index contributed by atoms with van der Waals surface area (Å²) in [5.74, 6) is -0.732. The van der Waals surface area contributed by atoms with Gasteiger partial charge in [0.2, 0.25) is 0 Å². The van der Waals surface area contributed by atoms with Crippen LogP contribution in [-0.2, 0) is 22.6 Å². The summed E-state index contributed by atoms with van der Waals surface area (Å²) in [4.78, 5) is 26.8. The van der Waals surface area contributed by atoms with Crippen LogP contribution in [0.2, 0.25) is 5.02 Å². The van der Waals surface area contributed by atoms with Gasteiger partial charge in [-0.2, -0.15) is 5.11 Å². The Morgan fingerprint density at radius 1 is 1.00 bits per heavy atom. The summed E-state index contributed by atoms with van der Waals surface area (Å²) in [6.07, 6.45) is 0.966. The minimum atomic E-state index is -0.811. The maximum Gasteiger partial charge on any atom is 0.263 e. The van der Waals surface area contributed by atoms with E-state index in [-0.39, 0.29) is 11.8 Å². The first-order valence-electron chi connectivity index (χ1n) is 8.47. The highest BCUT2D eigenvalue weighted by Gasteiger charge is 2.55. The maximum absolute atomic E-state index is 12.9. The molecule has 2 amide bonds. The standard InChI is InChI=1S/C19H17ClN4O2/c1-2-12-7-9-13(10-8-12)11-23-17-16(21-22-23)18(25)24(19(17)26)15-6-4-3-5-14(15)20/h3-10,16-17H,2,11H2,1H3/t16-,17-/m1/s1. The number of fused-ring (bicyclic) bond motifs is 1. The molecular weight excluding hydrogens is 352 g/mol. The number of rotatable bonds is 4. The van der Waals surface area contributed by atoms with Crippen molar-refractivity contribution in [3.8, 4) is 0 Å². The van der Waals surface area contributed by atoms with Gasteiger partial charge in [-0.3, -0.25) is 14.6 Å². The number of nitrogens with zero attached hydrogens (tertiary/aromatic N) is 4. The quantitative estimate of drug-likeness (QED) is 0.777. The van der Waals surface area contributed by atoms with Crippen LogP contribution >= 0.6 is 11.6 Å². The van der Waals surface area contributed by atoms with Crippen LogP contribution < -0.4 is 4.90 Å². The Kier molecular flexibility index (Phi) is 4.20. The number of amides is 2. The lowest BCUT2D eigenvalue weighted by atomic mass is 10.1. The third-order valence-electron chi connectivity index (χ3n) is 4.73. The van der Waals surface area contributed by atoms with Crippen LogP contribution in [0.15, 0.2) is 58.9 Å². The van der Waals surface area contributed by atoms with Gasteiger partial charge in [0.05, 0.1) is 17.3 Å². The summed E-state index contributed by atoms with van der Waals surface area (Å²) in [6.45, 7) is 2.52. The van der Waals surface area contributed by atoms with Crippen molar-refractivity contribution in [1.29, 1.82) is 0 Å². The highest BCUT2D eigenvalue weighted by atomic mass is 35.5. The maximum atomic E-state index is 12.9. The zero-order valence-electron chi connectivity index (χ0n) is 14.2. The highest BCUT2D eigenvalue weighted by Crippen LogP contribution is 2.35. The lowest BCUT2D eigenvalue weighted by molar-refractivity contribution is -0.123. The third kappa shape index (κ3) is 2.66. The Bertz CT molecular complexity index is 897. The molecule has 0 unspecified atom stereocenters. The zero-order valence-corrected chi connectivity index (χ0v) is 14.9. The first-order chi connectivity index (χ1) is 12.6. The molecule has 132 valence electrons. The Labute approximate surface area is 156 Å². The SMILES string of the molecule is CCc1ccc(CN2N=N[C@H]3C(=O)N(c4ccccc4Cl)C(=O)[C@@H]32)cc1. The van der Waals surface area contributed by atoms with E-state index in [1.807, 2.05) is 12.1 Å². The van der Waals surface area contributed by atoms with E-state index in [4.69, 9.17) is 11.6 Å². The van der Waals surface area contributed by atoms with E-state index >= 15 is 0 Å². The first-order valence-corrected chi connectivity index (χ1v) is 8.85. The van der Waals surface area contributed by atoms with Crippen LogP contribution in [0.25, 0.3) is 0 Å². The summed E-state index contributed by atoms with van der Waals surface area (Å²) in [5, 5.41) is 10.0. The van der Waals surface area contributed by atoms with Crippen LogP contribution in [0.4, 0.5) is 5.69 Å². The molecule has 0 saturated carbocycles. The molecule has 2 aromatic carbocycles. The number of carbonyl (C=O) groups is 2. The monoisotopic (exact) mass is 368 g/mol. The van der Waals surface area contributed by atoms with Crippen molar-refractivity contribution in [3.63, 3.8) is 0 Å². The summed E-state index contributed by atoms with van der Waals surface area (Å²) >= 11 is 6.17. The van der Waals surface area contributed by atoms with Gasteiger partial charge in [-0.05, 0) is 29.7 Å². The smallest absolute Gasteiger partial charge is 0.263 e. The van der Waals surface area contributed by atoms with Crippen LogP contribution in [0.3, 0.4) is 0 Å². The molecule has 1 saturated heterocycles. The van der Waals surface area contributed by atoms with Crippen molar-refractivity contribution in [1.82, 2.24) is 5.01 Å². The summed E-state index contributed by atoms with van der Waals surface area (Å²) in [5.41, 5.74) is 2.64. The van der Waals surface area contributed by atoms with E-state index in [2.05, 4.69) is 29.4 Å². The van der Waals surface area contributed by atoms with Gasteiger partial charge in [0.1, 0.15) is 0 Å². The molecule has 0 radical (unpaired) electrons. The van der Waals surface area contributed by atoms with Crippen molar-refractivity contribution in [2.75, 3.05) is 4.90 Å². The number of halogens is 1. The topological polar surface area (TPSA) is 65.3 Å². The fraction of sp³-hybridized carbons (Fsp3) is 0.263. The molecule has 4 rings (SSSR count). The molecule has 6 nitrogen and oxygen atoms in total. The summed E-state index contributed by atoms with van der Waals surface area (Å²) < 4.78 is 0. The largest absolute Gasteiger partial charge is 0.271 e. The number of aryl methyl sites for hydroxylation is 1. The van der Waals surface area contributed by atoms with Crippen molar-refractivity contribution < 1.29 is 9.59 Å². The van der Waals surface area contributed by atoms with Crippen molar-refractivity contribution in [2.24, 2.45) is 10.3 Å². The van der Waals surface area contributed by atoms with Gasteiger partial charge in [0.25, 0.3) is 11.8 Å². The third-order valence-corrected chi connectivity index (χ3v) is 5.05. The van der Waals surface area contributed by atoms with Crippen molar-refractivity contribution in [3.05, 3.63) is 64.7 Å². The molecule has 2 aromatic rings. The minimum absolute atomic E-state index is 0.344. The number of para-hydroxylation sites is 1. The number of anilines is 1. The van der Waals surface area contributed by atoms with Gasteiger partial charge in [0.15, 0.2) is 12.1 Å². The Morgan fingerprint density at radius 2 is 1.69 bits per heavy atom. The average molecular weight is 369 g/mol. The second-order valence-corrected chi connectivity index (χ2v) is 6.73. The molecule has 2 aliphatic heterocycles. The molecule has 0 bridgehead atoms. The van der Waals surface area contributed by atoms with Gasteiger partial charge in [-0.25, -0.2) is 4.90 Å². The van der Waals surface area contributed by atoms with Gasteiger partial charge in [-0.1, -0.05) is 60.1 Å². The zero-order chi connectivity index (χ0) is 18.3. The molecule has 26 heavy (non-hydrogen) atoms. The van der Waals surface area contributed by atoms with Crippen molar-refractivity contribution >= 4 is 29.1 Å². The number of hydrogen-bond acceptors (Lipinski definition) is 5. The molecule has 1 fully saturated rings. The fourth-order valence-electron chi connectivity index (χ4n) is 3.29. The number of imide groups is 1. The predicted octanol–water partition coefficient (Wildman–Crippen LogP) is 3.40. The van der Waals surface area contributed by atoms with Gasteiger partial charge < -0.3 is 0 Å². The number of benzene rings is 2. The first kappa shape index (κ1) is 16.7. The minimum Gasteiger partial charge on any atom is -0.271 e.